The number of amides is 2. The fourth-order valence-electron chi connectivity index (χ4n) is 4.22. The van der Waals surface area contributed by atoms with Gasteiger partial charge in [-0.2, -0.15) is 0 Å². The van der Waals surface area contributed by atoms with Gasteiger partial charge in [0.15, 0.2) is 0 Å². The summed E-state index contributed by atoms with van der Waals surface area (Å²) < 4.78 is 5.49. The van der Waals surface area contributed by atoms with Crippen LogP contribution < -0.4 is 15.4 Å². The number of rotatable bonds is 6. The van der Waals surface area contributed by atoms with Gasteiger partial charge < -0.3 is 15.4 Å². The van der Waals surface area contributed by atoms with Crippen LogP contribution >= 0.6 is 22.7 Å². The zero-order valence-corrected chi connectivity index (χ0v) is 21.1. The molecule has 0 radical (unpaired) electrons. The van der Waals surface area contributed by atoms with Crippen LogP contribution in [0, 0.1) is 11.3 Å². The second-order valence-electron chi connectivity index (χ2n) is 9.36. The van der Waals surface area contributed by atoms with Gasteiger partial charge in [0.2, 0.25) is 0 Å². The van der Waals surface area contributed by atoms with Crippen molar-refractivity contribution in [2.24, 2.45) is 11.3 Å². The summed E-state index contributed by atoms with van der Waals surface area (Å²) in [6, 6.07) is 11.0. The minimum Gasteiger partial charge on any atom is -0.494 e. The molecule has 33 heavy (non-hydrogen) atoms. The summed E-state index contributed by atoms with van der Waals surface area (Å²) in [7, 11) is 0. The predicted octanol–water partition coefficient (Wildman–Crippen LogP) is 6.86. The van der Waals surface area contributed by atoms with E-state index in [1.54, 1.807) is 17.4 Å². The normalized spacial score (nSPS) is 15.6. The van der Waals surface area contributed by atoms with Gasteiger partial charge in [-0.1, -0.05) is 26.8 Å². The number of nitrogens with one attached hydrogen (secondary N) is 2. The molecule has 5 nitrogen and oxygen atoms in total. The smallest absolute Gasteiger partial charge is 0.266 e. The zero-order valence-electron chi connectivity index (χ0n) is 19.5. The maximum absolute atomic E-state index is 13.4. The summed E-state index contributed by atoms with van der Waals surface area (Å²) >= 11 is 2.94. The van der Waals surface area contributed by atoms with Crippen molar-refractivity contribution in [1.82, 2.24) is 0 Å². The number of ether oxygens (including phenoxy) is 1. The van der Waals surface area contributed by atoms with Crippen molar-refractivity contribution in [1.29, 1.82) is 0 Å². The van der Waals surface area contributed by atoms with Crippen LogP contribution in [0.15, 0.2) is 41.8 Å². The molecule has 1 aliphatic carbocycles. The number of fused-ring (bicyclic) bond motifs is 1. The summed E-state index contributed by atoms with van der Waals surface area (Å²) in [5, 5.41) is 8.55. The van der Waals surface area contributed by atoms with Gasteiger partial charge in [-0.25, -0.2) is 0 Å². The first-order valence-corrected chi connectivity index (χ1v) is 13.0. The average molecular weight is 483 g/mol. The topological polar surface area (TPSA) is 67.4 Å². The first-order chi connectivity index (χ1) is 15.8. The summed E-state index contributed by atoms with van der Waals surface area (Å²) in [5.74, 6) is 0.950. The third-order valence-electron chi connectivity index (χ3n) is 6.11. The van der Waals surface area contributed by atoms with Crippen molar-refractivity contribution in [2.75, 3.05) is 17.2 Å². The van der Waals surface area contributed by atoms with Gasteiger partial charge in [0, 0.05) is 10.6 Å². The van der Waals surface area contributed by atoms with Crippen LogP contribution in [0.25, 0.3) is 0 Å². The van der Waals surface area contributed by atoms with Crippen LogP contribution in [0.2, 0.25) is 0 Å². The third kappa shape index (κ3) is 5.31. The van der Waals surface area contributed by atoms with Crippen LogP contribution in [0.1, 0.15) is 64.6 Å². The minimum absolute atomic E-state index is 0.175. The predicted molar refractivity (Wildman–Crippen MR) is 137 cm³/mol. The van der Waals surface area contributed by atoms with Crippen molar-refractivity contribution in [2.45, 2.75) is 47.0 Å². The van der Waals surface area contributed by atoms with Crippen molar-refractivity contribution >= 4 is 45.2 Å². The van der Waals surface area contributed by atoms with Gasteiger partial charge >= 0.3 is 0 Å². The van der Waals surface area contributed by atoms with Gasteiger partial charge in [-0.15, -0.1) is 22.7 Å². The average Bonchev–Trinajstić information content (AvgIpc) is 3.42. The largest absolute Gasteiger partial charge is 0.494 e. The molecule has 3 aromatic rings. The van der Waals surface area contributed by atoms with Crippen molar-refractivity contribution in [3.8, 4) is 5.75 Å². The lowest BCUT2D eigenvalue weighted by Crippen LogP contribution is -2.27. The monoisotopic (exact) mass is 482 g/mol. The van der Waals surface area contributed by atoms with E-state index in [0.717, 1.165) is 30.6 Å². The van der Waals surface area contributed by atoms with E-state index in [0.29, 0.717) is 33.7 Å². The van der Waals surface area contributed by atoms with Crippen molar-refractivity contribution in [3.05, 3.63) is 62.7 Å². The SMILES string of the molecule is CCOc1ccc(NC(=O)c2c(NC(=O)c3cccs3)sc3c2CC[C@H](C(C)(C)C)C3)cc1. The number of hydrogen-bond donors (Lipinski definition) is 2. The summed E-state index contributed by atoms with van der Waals surface area (Å²) in [4.78, 5) is 28.1. The quantitative estimate of drug-likeness (QED) is 0.403. The Morgan fingerprint density at radius 2 is 1.85 bits per heavy atom. The molecule has 0 spiro atoms. The molecule has 0 unspecified atom stereocenters. The van der Waals surface area contributed by atoms with Gasteiger partial charge in [-0.3, -0.25) is 9.59 Å². The highest BCUT2D eigenvalue weighted by molar-refractivity contribution is 7.17. The molecule has 2 heterocycles. The molecule has 174 valence electrons. The molecule has 2 N–H and O–H groups in total. The molecule has 2 amide bonds. The molecule has 0 bridgehead atoms. The Balaban J connectivity index is 1.63. The lowest BCUT2D eigenvalue weighted by atomic mass is 9.72. The van der Waals surface area contributed by atoms with Gasteiger partial charge in [0.25, 0.3) is 11.8 Å². The molecule has 2 aromatic heterocycles. The van der Waals surface area contributed by atoms with Crippen molar-refractivity contribution in [3.63, 3.8) is 0 Å². The van der Waals surface area contributed by atoms with Gasteiger partial charge in [-0.05, 0) is 78.8 Å². The summed E-state index contributed by atoms with van der Waals surface area (Å²) in [5.41, 5.74) is 2.57. The maximum Gasteiger partial charge on any atom is 0.266 e. The molecule has 0 saturated heterocycles. The third-order valence-corrected chi connectivity index (χ3v) is 8.15. The van der Waals surface area contributed by atoms with Crippen molar-refractivity contribution < 1.29 is 14.3 Å². The summed E-state index contributed by atoms with van der Waals surface area (Å²) in [6.07, 6.45) is 2.81. The Morgan fingerprint density at radius 3 is 2.48 bits per heavy atom. The second kappa shape index (κ2) is 9.69. The first-order valence-electron chi connectivity index (χ1n) is 11.3. The molecule has 1 aromatic carbocycles. The molecule has 7 heteroatoms. The number of benzene rings is 1. The Morgan fingerprint density at radius 1 is 1.09 bits per heavy atom. The molecule has 1 aliphatic rings. The van der Waals surface area contributed by atoms with E-state index in [1.807, 2.05) is 42.6 Å². The molecular weight excluding hydrogens is 452 g/mol. The van der Waals surface area contributed by atoms with E-state index < -0.39 is 0 Å². The molecular formula is C26H30N2O3S2. The standard InChI is InChI=1S/C26H30N2O3S2/c1-5-31-18-11-9-17(10-12-18)27-24(30)22-19-13-8-16(26(2,3)4)15-21(19)33-25(22)28-23(29)20-7-6-14-32-20/h6-7,9-12,14,16H,5,8,13,15H2,1-4H3,(H,27,30)(H,28,29)/t16-/m0/s1. The van der Waals surface area contributed by atoms with E-state index in [9.17, 15) is 9.59 Å². The van der Waals surface area contributed by atoms with E-state index in [1.165, 1.54) is 16.2 Å². The number of carbonyl (C=O) groups is 2. The highest BCUT2D eigenvalue weighted by Gasteiger charge is 2.34. The second-order valence-corrected chi connectivity index (χ2v) is 11.4. The lowest BCUT2D eigenvalue weighted by molar-refractivity contribution is 0.102. The highest BCUT2D eigenvalue weighted by atomic mass is 32.1. The number of anilines is 2. The lowest BCUT2D eigenvalue weighted by Gasteiger charge is -2.33. The van der Waals surface area contributed by atoms with Crippen LogP contribution in [-0.4, -0.2) is 18.4 Å². The van der Waals surface area contributed by atoms with Crippen LogP contribution in [0.5, 0.6) is 5.75 Å². The number of thiophene rings is 2. The Kier molecular flexibility index (Phi) is 6.91. The molecule has 4 rings (SSSR count). The Labute approximate surface area is 203 Å². The number of hydrogen-bond acceptors (Lipinski definition) is 5. The van der Waals surface area contributed by atoms with Gasteiger partial charge in [0.05, 0.1) is 17.0 Å². The summed E-state index contributed by atoms with van der Waals surface area (Å²) in [6.45, 7) is 9.35. The molecule has 0 saturated carbocycles. The van der Waals surface area contributed by atoms with Crippen LogP contribution in [0.4, 0.5) is 10.7 Å². The first kappa shape index (κ1) is 23.5. The van der Waals surface area contributed by atoms with E-state index in [2.05, 4.69) is 31.4 Å². The number of carbonyl (C=O) groups excluding carboxylic acids is 2. The van der Waals surface area contributed by atoms with E-state index >= 15 is 0 Å². The molecule has 0 fully saturated rings. The van der Waals surface area contributed by atoms with E-state index in [-0.39, 0.29) is 17.2 Å². The minimum atomic E-state index is -0.188. The Hall–Kier alpha value is -2.64. The van der Waals surface area contributed by atoms with E-state index in [4.69, 9.17) is 4.74 Å². The van der Waals surface area contributed by atoms with Gasteiger partial charge in [0.1, 0.15) is 10.8 Å². The van der Waals surface area contributed by atoms with Crippen LogP contribution in [0.3, 0.4) is 0 Å². The fourth-order valence-corrected chi connectivity index (χ4v) is 6.16. The fraction of sp³-hybridized carbons (Fsp3) is 0.385. The zero-order chi connectivity index (χ0) is 23.6. The molecule has 0 aliphatic heterocycles. The highest BCUT2D eigenvalue weighted by Crippen LogP contribution is 2.44. The maximum atomic E-state index is 13.4. The molecule has 1 atom stereocenters. The Bertz CT molecular complexity index is 1130. The van der Waals surface area contributed by atoms with Crippen LogP contribution in [-0.2, 0) is 12.8 Å².